The van der Waals surface area contributed by atoms with Crippen LogP contribution in [0.15, 0.2) is 28.6 Å². The summed E-state index contributed by atoms with van der Waals surface area (Å²) in [5.41, 5.74) is 1.31. The Hall–Kier alpha value is -1.35. The van der Waals surface area contributed by atoms with E-state index in [1.807, 2.05) is 0 Å². The van der Waals surface area contributed by atoms with Crippen molar-refractivity contribution in [3.63, 3.8) is 0 Å². The normalized spacial score (nSPS) is 11.7. The number of hydrogen-bond donors (Lipinski definition) is 2. The van der Waals surface area contributed by atoms with E-state index in [1.54, 1.807) is 25.1 Å². The van der Waals surface area contributed by atoms with Crippen molar-refractivity contribution in [2.75, 3.05) is 0 Å². The van der Waals surface area contributed by atoms with Crippen LogP contribution in [0, 0.1) is 6.92 Å². The van der Waals surface area contributed by atoms with Gasteiger partial charge in [-0.1, -0.05) is 0 Å². The van der Waals surface area contributed by atoms with Gasteiger partial charge < -0.3 is 5.11 Å². The molecule has 2 aromatic rings. The highest BCUT2D eigenvalue weighted by atomic mass is 32.2. The molecular formula is C11H13N3O3S2. The lowest BCUT2D eigenvalue weighted by Gasteiger charge is -2.03. The number of nitrogens with one attached hydrogen (secondary N) is 1. The molecule has 0 saturated heterocycles. The fourth-order valence-electron chi connectivity index (χ4n) is 1.45. The van der Waals surface area contributed by atoms with Gasteiger partial charge >= 0.3 is 0 Å². The van der Waals surface area contributed by atoms with E-state index >= 15 is 0 Å². The van der Waals surface area contributed by atoms with E-state index in [-0.39, 0.29) is 17.4 Å². The molecule has 0 saturated carbocycles. The van der Waals surface area contributed by atoms with Gasteiger partial charge in [0, 0.05) is 11.1 Å². The predicted octanol–water partition coefficient (Wildman–Crippen LogP) is 0.817. The molecule has 6 nitrogen and oxygen atoms in total. The summed E-state index contributed by atoms with van der Waals surface area (Å²) in [7, 11) is -3.58. The summed E-state index contributed by atoms with van der Waals surface area (Å²) in [5, 5.41) is 16.6. The monoisotopic (exact) mass is 299 g/mol. The van der Waals surface area contributed by atoms with E-state index in [4.69, 9.17) is 5.11 Å². The topological polar surface area (TPSA) is 92.2 Å². The van der Waals surface area contributed by atoms with Crippen molar-refractivity contribution in [2.24, 2.45) is 0 Å². The molecule has 0 spiro atoms. The van der Waals surface area contributed by atoms with Gasteiger partial charge in [0.2, 0.25) is 10.0 Å². The van der Waals surface area contributed by atoms with Crippen LogP contribution in [0.3, 0.4) is 0 Å². The second-order valence-electron chi connectivity index (χ2n) is 3.87. The van der Waals surface area contributed by atoms with Crippen LogP contribution in [-0.4, -0.2) is 23.7 Å². The highest BCUT2D eigenvalue weighted by Crippen LogP contribution is 2.25. The summed E-state index contributed by atoms with van der Waals surface area (Å²) >= 11 is 1.07. The Morgan fingerprint density at radius 1 is 1.47 bits per heavy atom. The van der Waals surface area contributed by atoms with Gasteiger partial charge in [-0.05, 0) is 30.7 Å². The zero-order valence-corrected chi connectivity index (χ0v) is 11.8. The standard InChI is InChI=1S/C11H13N3O3S2/c1-8-5-11(18-10(8)7-15)19(16,17)13-6-9-3-2-4-12-14-9/h2-5,13,15H,6-7H2,1H3. The molecule has 8 heteroatoms. The second-order valence-corrected chi connectivity index (χ2v) is 7.00. The third-order valence-corrected chi connectivity index (χ3v) is 5.57. The number of sulfonamides is 1. The molecule has 0 fully saturated rings. The molecule has 0 aliphatic rings. The number of nitrogens with zero attached hydrogens (tertiary/aromatic N) is 2. The molecule has 0 amide bonds. The smallest absolute Gasteiger partial charge is 0.250 e. The Morgan fingerprint density at radius 2 is 2.26 bits per heavy atom. The van der Waals surface area contributed by atoms with E-state index in [0.717, 1.165) is 16.9 Å². The van der Waals surface area contributed by atoms with Crippen LogP contribution in [0.1, 0.15) is 16.1 Å². The molecule has 0 aliphatic heterocycles. The molecule has 0 radical (unpaired) electrons. The van der Waals surface area contributed by atoms with Crippen molar-refractivity contribution in [3.8, 4) is 0 Å². The van der Waals surface area contributed by atoms with Gasteiger partial charge in [0.15, 0.2) is 0 Å². The van der Waals surface area contributed by atoms with Crippen LogP contribution >= 0.6 is 11.3 Å². The van der Waals surface area contributed by atoms with Crippen molar-refractivity contribution in [1.82, 2.24) is 14.9 Å². The first-order valence-electron chi connectivity index (χ1n) is 5.49. The first kappa shape index (κ1) is 14.1. The second kappa shape index (κ2) is 5.74. The van der Waals surface area contributed by atoms with Crippen molar-refractivity contribution in [2.45, 2.75) is 24.3 Å². The third-order valence-electron chi connectivity index (χ3n) is 2.48. The van der Waals surface area contributed by atoms with Gasteiger partial charge in [-0.2, -0.15) is 10.2 Å². The van der Waals surface area contributed by atoms with E-state index in [9.17, 15) is 8.42 Å². The summed E-state index contributed by atoms with van der Waals surface area (Å²) in [5.74, 6) is 0. The van der Waals surface area contributed by atoms with Crippen molar-refractivity contribution in [3.05, 3.63) is 40.5 Å². The lowest BCUT2D eigenvalue weighted by atomic mass is 10.3. The summed E-state index contributed by atoms with van der Waals surface area (Å²) in [6.07, 6.45) is 1.52. The fourth-order valence-corrected chi connectivity index (χ4v) is 3.94. The zero-order chi connectivity index (χ0) is 13.9. The maximum Gasteiger partial charge on any atom is 0.250 e. The van der Waals surface area contributed by atoms with Crippen molar-refractivity contribution in [1.29, 1.82) is 0 Å². The van der Waals surface area contributed by atoms with Crippen LogP contribution in [-0.2, 0) is 23.2 Å². The average Bonchev–Trinajstić information content (AvgIpc) is 2.80. The van der Waals surface area contributed by atoms with E-state index in [1.165, 1.54) is 6.20 Å². The lowest BCUT2D eigenvalue weighted by Crippen LogP contribution is -2.23. The number of aryl methyl sites for hydroxylation is 1. The van der Waals surface area contributed by atoms with Crippen LogP contribution < -0.4 is 4.72 Å². The molecule has 2 rings (SSSR count). The highest BCUT2D eigenvalue weighted by molar-refractivity contribution is 7.91. The summed E-state index contributed by atoms with van der Waals surface area (Å²) < 4.78 is 26.8. The third kappa shape index (κ3) is 3.35. The average molecular weight is 299 g/mol. The van der Waals surface area contributed by atoms with Crippen LogP contribution in [0.25, 0.3) is 0 Å². The molecule has 0 aromatic carbocycles. The van der Waals surface area contributed by atoms with Gasteiger partial charge in [0.25, 0.3) is 0 Å². The molecule has 19 heavy (non-hydrogen) atoms. The maximum absolute atomic E-state index is 12.1. The molecular weight excluding hydrogens is 286 g/mol. The Kier molecular flexibility index (Phi) is 4.25. The lowest BCUT2D eigenvalue weighted by molar-refractivity contribution is 0.285. The minimum atomic E-state index is -3.58. The van der Waals surface area contributed by atoms with Crippen molar-refractivity contribution >= 4 is 21.4 Å². The number of hydrogen-bond acceptors (Lipinski definition) is 6. The Bertz CT molecular complexity index is 653. The van der Waals surface area contributed by atoms with Gasteiger partial charge in [-0.25, -0.2) is 13.1 Å². The molecule has 0 atom stereocenters. The zero-order valence-electron chi connectivity index (χ0n) is 10.2. The molecule has 102 valence electrons. The van der Waals surface area contributed by atoms with E-state index < -0.39 is 10.0 Å². The Balaban J connectivity index is 2.14. The number of thiophene rings is 1. The molecule has 0 aliphatic carbocycles. The van der Waals surface area contributed by atoms with Gasteiger partial charge in [-0.15, -0.1) is 11.3 Å². The number of aliphatic hydroxyl groups excluding tert-OH is 1. The number of aromatic nitrogens is 2. The molecule has 2 N–H and O–H groups in total. The summed E-state index contributed by atoms with van der Waals surface area (Å²) in [6.45, 7) is 1.70. The first-order chi connectivity index (χ1) is 9.03. The highest BCUT2D eigenvalue weighted by Gasteiger charge is 2.18. The fraction of sp³-hybridized carbons (Fsp3) is 0.273. The van der Waals surface area contributed by atoms with Gasteiger partial charge in [-0.3, -0.25) is 0 Å². The molecule has 2 heterocycles. The first-order valence-corrected chi connectivity index (χ1v) is 7.79. The minimum absolute atomic E-state index is 0.0849. The van der Waals surface area contributed by atoms with Crippen LogP contribution in [0.2, 0.25) is 0 Å². The van der Waals surface area contributed by atoms with Gasteiger partial charge in [0.05, 0.1) is 18.8 Å². The van der Waals surface area contributed by atoms with Gasteiger partial charge in [0.1, 0.15) is 4.21 Å². The Labute approximate surface area is 115 Å². The summed E-state index contributed by atoms with van der Waals surface area (Å²) in [4.78, 5) is 0.653. The minimum Gasteiger partial charge on any atom is -0.391 e. The molecule has 2 aromatic heterocycles. The van der Waals surface area contributed by atoms with E-state index in [0.29, 0.717) is 10.6 Å². The Morgan fingerprint density at radius 3 is 2.84 bits per heavy atom. The van der Waals surface area contributed by atoms with Crippen LogP contribution in [0.4, 0.5) is 0 Å². The molecule has 0 bridgehead atoms. The molecule has 0 unspecified atom stereocenters. The largest absolute Gasteiger partial charge is 0.391 e. The predicted molar refractivity (Wildman–Crippen MR) is 71.0 cm³/mol. The van der Waals surface area contributed by atoms with E-state index in [2.05, 4.69) is 14.9 Å². The maximum atomic E-state index is 12.1. The SMILES string of the molecule is Cc1cc(S(=O)(=O)NCc2cccnn2)sc1CO. The number of aliphatic hydroxyl groups is 1. The van der Waals surface area contributed by atoms with Crippen LogP contribution in [0.5, 0.6) is 0 Å². The summed E-state index contributed by atoms with van der Waals surface area (Å²) in [6, 6.07) is 4.93. The quantitative estimate of drug-likeness (QED) is 0.852. The number of rotatable bonds is 5. The van der Waals surface area contributed by atoms with Crippen molar-refractivity contribution < 1.29 is 13.5 Å².